The van der Waals surface area contributed by atoms with E-state index in [0.717, 1.165) is 12.0 Å². The van der Waals surface area contributed by atoms with Gasteiger partial charge < -0.3 is 4.74 Å². The van der Waals surface area contributed by atoms with Crippen LogP contribution in [0.1, 0.15) is 18.9 Å². The first kappa shape index (κ1) is 12.5. The summed E-state index contributed by atoms with van der Waals surface area (Å²) >= 11 is 0. The summed E-state index contributed by atoms with van der Waals surface area (Å²) in [4.78, 5) is 0.334. The van der Waals surface area contributed by atoms with Gasteiger partial charge in [-0.25, -0.2) is 8.42 Å². The molecule has 1 aromatic rings. The molecule has 94 valence electrons. The highest BCUT2D eigenvalue weighted by atomic mass is 32.2. The van der Waals surface area contributed by atoms with Gasteiger partial charge in [0, 0.05) is 6.54 Å². The molecule has 4 nitrogen and oxygen atoms in total. The second-order valence-electron chi connectivity index (χ2n) is 4.39. The van der Waals surface area contributed by atoms with Gasteiger partial charge in [-0.15, -0.1) is 0 Å². The normalized spacial score (nSPS) is 22.6. The van der Waals surface area contributed by atoms with Crippen LogP contribution in [0.2, 0.25) is 0 Å². The second-order valence-corrected chi connectivity index (χ2v) is 6.33. The summed E-state index contributed by atoms with van der Waals surface area (Å²) in [7, 11) is -3.39. The van der Waals surface area contributed by atoms with Crippen LogP contribution in [-0.4, -0.2) is 32.1 Å². The Labute approximate surface area is 102 Å². The lowest BCUT2D eigenvalue weighted by Crippen LogP contribution is -2.40. The number of sulfonamides is 1. The molecular formula is C12H17NO3S. The van der Waals surface area contributed by atoms with Crippen molar-refractivity contribution in [2.45, 2.75) is 31.3 Å². The summed E-state index contributed by atoms with van der Waals surface area (Å²) in [6, 6.07) is 6.89. The molecule has 1 aromatic carbocycles. The van der Waals surface area contributed by atoms with Crippen molar-refractivity contribution in [3.8, 4) is 0 Å². The molecule has 1 aliphatic heterocycles. The fourth-order valence-corrected chi connectivity index (χ4v) is 3.06. The summed E-state index contributed by atoms with van der Waals surface area (Å²) in [6.07, 6.45) is 0.880. The Morgan fingerprint density at radius 2 is 1.94 bits per heavy atom. The number of hydrogen-bond acceptors (Lipinski definition) is 3. The summed E-state index contributed by atoms with van der Waals surface area (Å²) in [5, 5.41) is 0. The van der Waals surface area contributed by atoms with Crippen LogP contribution in [0.3, 0.4) is 0 Å². The molecule has 0 aliphatic carbocycles. The first-order valence-corrected chi connectivity index (χ1v) is 7.12. The van der Waals surface area contributed by atoms with Crippen molar-refractivity contribution in [2.24, 2.45) is 0 Å². The summed E-state index contributed by atoms with van der Waals surface area (Å²) in [5.74, 6) is 0. The molecule has 1 aliphatic rings. The number of hydrogen-bond donors (Lipinski definition) is 0. The third-order valence-corrected chi connectivity index (χ3v) is 4.78. The summed E-state index contributed by atoms with van der Waals surface area (Å²) in [5.41, 5.74) is 1.05. The topological polar surface area (TPSA) is 46.6 Å². The predicted octanol–water partition coefficient (Wildman–Crippen LogP) is 1.75. The van der Waals surface area contributed by atoms with E-state index in [4.69, 9.17) is 4.74 Å². The van der Waals surface area contributed by atoms with E-state index >= 15 is 0 Å². The average Bonchev–Trinajstić information content (AvgIpc) is 2.30. The van der Waals surface area contributed by atoms with Crippen molar-refractivity contribution in [2.75, 3.05) is 13.3 Å². The van der Waals surface area contributed by atoms with Crippen LogP contribution in [0, 0.1) is 6.92 Å². The zero-order valence-corrected chi connectivity index (χ0v) is 10.9. The largest absolute Gasteiger partial charge is 0.362 e. The van der Waals surface area contributed by atoms with E-state index in [9.17, 15) is 8.42 Å². The van der Waals surface area contributed by atoms with Gasteiger partial charge in [0.1, 0.15) is 6.73 Å². The molecule has 0 radical (unpaired) electrons. The monoisotopic (exact) mass is 255 g/mol. The SMILES string of the molecule is Cc1ccc(S(=O)(=O)N2CCC(C)OC2)cc1. The van der Waals surface area contributed by atoms with E-state index in [1.165, 1.54) is 4.31 Å². The highest BCUT2D eigenvalue weighted by Crippen LogP contribution is 2.20. The van der Waals surface area contributed by atoms with Crippen molar-refractivity contribution in [1.82, 2.24) is 4.31 Å². The maximum Gasteiger partial charge on any atom is 0.245 e. The Hall–Kier alpha value is -0.910. The first-order valence-electron chi connectivity index (χ1n) is 5.68. The summed E-state index contributed by atoms with van der Waals surface area (Å²) < 4.78 is 31.3. The van der Waals surface area contributed by atoms with Gasteiger partial charge in [-0.3, -0.25) is 0 Å². The maximum atomic E-state index is 12.3. The molecule has 1 heterocycles. The van der Waals surface area contributed by atoms with Gasteiger partial charge in [-0.2, -0.15) is 4.31 Å². The van der Waals surface area contributed by atoms with Crippen molar-refractivity contribution >= 4 is 10.0 Å². The average molecular weight is 255 g/mol. The van der Waals surface area contributed by atoms with E-state index in [1.54, 1.807) is 24.3 Å². The molecule has 0 N–H and O–H groups in total. The molecular weight excluding hydrogens is 238 g/mol. The van der Waals surface area contributed by atoms with Crippen molar-refractivity contribution in [1.29, 1.82) is 0 Å². The van der Waals surface area contributed by atoms with Gasteiger partial charge in [0.2, 0.25) is 10.0 Å². The Morgan fingerprint density at radius 1 is 1.29 bits per heavy atom. The second kappa shape index (κ2) is 4.76. The van der Waals surface area contributed by atoms with Crippen LogP contribution in [0.5, 0.6) is 0 Å². The van der Waals surface area contributed by atoms with Gasteiger partial charge >= 0.3 is 0 Å². The smallest absolute Gasteiger partial charge is 0.245 e. The Balaban J connectivity index is 2.21. The minimum absolute atomic E-state index is 0.138. The molecule has 1 saturated heterocycles. The number of aryl methyl sites for hydroxylation is 1. The minimum atomic E-state index is -3.39. The fraction of sp³-hybridized carbons (Fsp3) is 0.500. The predicted molar refractivity (Wildman–Crippen MR) is 65.1 cm³/mol. The van der Waals surface area contributed by atoms with Crippen LogP contribution >= 0.6 is 0 Å². The van der Waals surface area contributed by atoms with Gasteiger partial charge in [-0.05, 0) is 32.4 Å². The van der Waals surface area contributed by atoms with Crippen LogP contribution in [0.25, 0.3) is 0 Å². The lowest BCUT2D eigenvalue weighted by atomic mass is 10.2. The fourth-order valence-electron chi connectivity index (χ4n) is 1.73. The third-order valence-electron chi connectivity index (χ3n) is 2.95. The molecule has 2 rings (SSSR count). The Kier molecular flexibility index (Phi) is 3.51. The number of rotatable bonds is 2. The van der Waals surface area contributed by atoms with Crippen molar-refractivity contribution in [3.05, 3.63) is 29.8 Å². The molecule has 5 heteroatoms. The first-order chi connectivity index (χ1) is 8.00. The maximum absolute atomic E-state index is 12.3. The molecule has 17 heavy (non-hydrogen) atoms. The molecule has 0 bridgehead atoms. The van der Waals surface area contributed by atoms with E-state index in [-0.39, 0.29) is 12.8 Å². The molecule has 1 atom stereocenters. The van der Waals surface area contributed by atoms with Crippen LogP contribution in [-0.2, 0) is 14.8 Å². The van der Waals surface area contributed by atoms with Gasteiger partial charge in [0.15, 0.2) is 0 Å². The van der Waals surface area contributed by atoms with Crippen molar-refractivity contribution < 1.29 is 13.2 Å². The third kappa shape index (κ3) is 2.68. The lowest BCUT2D eigenvalue weighted by Gasteiger charge is -2.29. The number of ether oxygens (including phenoxy) is 1. The molecule has 0 saturated carbocycles. The highest BCUT2D eigenvalue weighted by Gasteiger charge is 2.28. The molecule has 0 amide bonds. The Bertz CT molecular complexity index is 473. The zero-order chi connectivity index (χ0) is 12.5. The zero-order valence-electron chi connectivity index (χ0n) is 10.1. The standard InChI is InChI=1S/C12H17NO3S/c1-10-3-5-12(6-4-10)17(14,15)13-8-7-11(2)16-9-13/h3-6,11H,7-9H2,1-2H3. The van der Waals surface area contributed by atoms with E-state index < -0.39 is 10.0 Å². The quantitative estimate of drug-likeness (QED) is 0.809. The van der Waals surface area contributed by atoms with E-state index in [2.05, 4.69) is 0 Å². The summed E-state index contributed by atoms with van der Waals surface area (Å²) in [6.45, 7) is 4.56. The molecule has 1 fully saturated rings. The van der Waals surface area contributed by atoms with Crippen LogP contribution in [0.15, 0.2) is 29.2 Å². The van der Waals surface area contributed by atoms with E-state index in [1.807, 2.05) is 13.8 Å². The molecule has 0 aromatic heterocycles. The van der Waals surface area contributed by atoms with Gasteiger partial charge in [0.05, 0.1) is 11.0 Å². The van der Waals surface area contributed by atoms with Crippen LogP contribution < -0.4 is 0 Å². The van der Waals surface area contributed by atoms with Crippen molar-refractivity contribution in [3.63, 3.8) is 0 Å². The number of nitrogens with zero attached hydrogens (tertiary/aromatic N) is 1. The minimum Gasteiger partial charge on any atom is -0.362 e. The van der Waals surface area contributed by atoms with Crippen LogP contribution in [0.4, 0.5) is 0 Å². The van der Waals surface area contributed by atoms with Gasteiger partial charge in [-0.1, -0.05) is 17.7 Å². The Morgan fingerprint density at radius 3 is 2.47 bits per heavy atom. The molecule has 0 spiro atoms. The molecule has 1 unspecified atom stereocenters. The highest BCUT2D eigenvalue weighted by molar-refractivity contribution is 7.89. The van der Waals surface area contributed by atoms with E-state index in [0.29, 0.717) is 11.4 Å². The number of benzene rings is 1. The lowest BCUT2D eigenvalue weighted by molar-refractivity contribution is -0.0240. The van der Waals surface area contributed by atoms with Gasteiger partial charge in [0.25, 0.3) is 0 Å².